The third-order valence-electron chi connectivity index (χ3n) is 1.03. The predicted molar refractivity (Wildman–Crippen MR) is 34.8 cm³/mol. The van der Waals surface area contributed by atoms with Gasteiger partial charge >= 0.3 is 0 Å². The van der Waals surface area contributed by atoms with Crippen LogP contribution in [0.5, 0.6) is 0 Å². The fourth-order valence-electron chi connectivity index (χ4n) is 0.441. The van der Waals surface area contributed by atoms with E-state index in [9.17, 15) is 0 Å². The molecule has 0 heterocycles. The fourth-order valence-corrected chi connectivity index (χ4v) is 0.441. The van der Waals surface area contributed by atoms with Gasteiger partial charge in [0.05, 0.1) is 0 Å². The lowest BCUT2D eigenvalue weighted by Gasteiger charge is -2.09. The van der Waals surface area contributed by atoms with Gasteiger partial charge in [0.15, 0.2) is 0 Å². The minimum Gasteiger partial charge on any atom is -0.315 e. The highest BCUT2D eigenvalue weighted by Crippen LogP contribution is 1.75. The van der Waals surface area contributed by atoms with Gasteiger partial charge in [-0.3, -0.25) is 0 Å². The summed E-state index contributed by atoms with van der Waals surface area (Å²) in [6, 6.07) is 0. The molecular formula is C5H13BN. The van der Waals surface area contributed by atoms with E-state index >= 15 is 0 Å². The molecule has 0 fully saturated rings. The van der Waals surface area contributed by atoms with Crippen LogP contribution in [0, 0.1) is 0 Å². The molecule has 0 aromatic rings. The van der Waals surface area contributed by atoms with Gasteiger partial charge in [0.1, 0.15) is 7.28 Å². The van der Waals surface area contributed by atoms with Crippen molar-refractivity contribution in [2.75, 3.05) is 20.0 Å². The van der Waals surface area contributed by atoms with Gasteiger partial charge in [-0.2, -0.15) is 0 Å². The number of hydrogen-bond donors (Lipinski definition) is 0. The van der Waals surface area contributed by atoms with Crippen LogP contribution in [0.15, 0.2) is 0 Å². The maximum atomic E-state index is 2.25. The van der Waals surface area contributed by atoms with E-state index in [2.05, 4.69) is 33.0 Å². The molecular weight excluding hydrogens is 84.9 g/mol. The van der Waals surface area contributed by atoms with Gasteiger partial charge in [-0.1, -0.05) is 13.7 Å². The van der Waals surface area contributed by atoms with E-state index in [4.69, 9.17) is 0 Å². The molecule has 0 spiro atoms. The average molecular weight is 98.0 g/mol. The zero-order valence-corrected chi connectivity index (χ0v) is 5.44. The van der Waals surface area contributed by atoms with E-state index in [-0.39, 0.29) is 0 Å². The van der Waals surface area contributed by atoms with Gasteiger partial charge in [0.2, 0.25) is 0 Å². The molecule has 0 saturated heterocycles. The Morgan fingerprint density at radius 2 is 2.14 bits per heavy atom. The van der Waals surface area contributed by atoms with Crippen LogP contribution in [0.2, 0.25) is 6.82 Å². The summed E-state index contributed by atoms with van der Waals surface area (Å²) >= 11 is 0. The highest BCUT2D eigenvalue weighted by atomic mass is 15.1. The highest BCUT2D eigenvalue weighted by molar-refractivity contribution is 6.33. The summed E-state index contributed by atoms with van der Waals surface area (Å²) in [5.41, 5.74) is 0. The molecule has 41 valence electrons. The molecule has 0 aliphatic rings. The number of rotatable bonds is 3. The molecule has 2 heteroatoms. The first-order chi connectivity index (χ1) is 3.31. The van der Waals surface area contributed by atoms with Crippen molar-refractivity contribution in [3.05, 3.63) is 0 Å². The molecule has 1 nitrogen and oxygen atoms in total. The molecule has 7 heavy (non-hydrogen) atoms. The molecule has 0 aromatic heterocycles. The number of hydrogen-bond acceptors (Lipinski definition) is 1. The molecule has 1 radical (unpaired) electrons. The Labute approximate surface area is 46.9 Å². The normalized spacial score (nSPS) is 9.71. The van der Waals surface area contributed by atoms with Gasteiger partial charge < -0.3 is 4.90 Å². The van der Waals surface area contributed by atoms with E-state index in [1.807, 2.05) is 0 Å². The molecule has 0 unspecified atom stereocenters. The summed E-state index contributed by atoms with van der Waals surface area (Å²) in [6.45, 7) is 5.38. The minimum absolute atomic E-state index is 1.11. The molecule has 0 bridgehead atoms. The molecule has 0 aromatic carbocycles. The average Bonchev–Trinajstić information content (AvgIpc) is 1.68. The van der Waals surface area contributed by atoms with Gasteiger partial charge in [-0.05, 0) is 20.0 Å². The first kappa shape index (κ1) is 7.02. The molecule has 0 saturated carbocycles. The van der Waals surface area contributed by atoms with Crippen LogP contribution in [0.3, 0.4) is 0 Å². The van der Waals surface area contributed by atoms with E-state index in [1.165, 1.54) is 0 Å². The summed E-state index contributed by atoms with van der Waals surface area (Å²) in [5.74, 6) is 0. The third-order valence-corrected chi connectivity index (χ3v) is 1.03. The van der Waals surface area contributed by atoms with E-state index in [0.717, 1.165) is 13.0 Å². The predicted octanol–water partition coefficient (Wildman–Crippen LogP) is 0.648. The summed E-state index contributed by atoms with van der Waals surface area (Å²) in [7, 11) is 4.27. The van der Waals surface area contributed by atoms with Crippen LogP contribution >= 0.6 is 0 Å². The lowest BCUT2D eigenvalue weighted by Crippen LogP contribution is -2.21. The van der Waals surface area contributed by atoms with E-state index in [1.54, 1.807) is 0 Å². The molecule has 0 amide bonds. The highest BCUT2D eigenvalue weighted by Gasteiger charge is 1.87. The van der Waals surface area contributed by atoms with Crippen LogP contribution in [0.25, 0.3) is 0 Å². The summed E-state index contributed by atoms with van der Waals surface area (Å²) in [6.07, 6.45) is 1.11. The second kappa shape index (κ2) is 4.19. The van der Waals surface area contributed by atoms with Crippen molar-refractivity contribution in [3.63, 3.8) is 0 Å². The van der Waals surface area contributed by atoms with Crippen molar-refractivity contribution in [1.29, 1.82) is 0 Å². The van der Waals surface area contributed by atoms with Crippen molar-refractivity contribution in [2.45, 2.75) is 13.7 Å². The maximum absolute atomic E-state index is 2.25. The summed E-state index contributed by atoms with van der Waals surface area (Å²) < 4.78 is 0. The first-order valence-corrected chi connectivity index (χ1v) is 2.77. The summed E-state index contributed by atoms with van der Waals surface area (Å²) in [5, 5.41) is 0. The van der Waals surface area contributed by atoms with Gasteiger partial charge in [0, 0.05) is 0 Å². The first-order valence-electron chi connectivity index (χ1n) is 2.77. The lowest BCUT2D eigenvalue weighted by molar-refractivity contribution is 0.410. The topological polar surface area (TPSA) is 3.24 Å². The molecule has 0 aliphatic carbocycles. The van der Waals surface area contributed by atoms with E-state index < -0.39 is 0 Å². The largest absolute Gasteiger partial charge is 0.315 e. The van der Waals surface area contributed by atoms with Crippen molar-refractivity contribution in [3.8, 4) is 0 Å². The molecule has 0 N–H and O–H groups in total. The second-order valence-electron chi connectivity index (χ2n) is 1.76. The Hall–Kier alpha value is 0.0249. The van der Waals surface area contributed by atoms with Crippen molar-refractivity contribution in [1.82, 2.24) is 4.90 Å². The van der Waals surface area contributed by atoms with Crippen LogP contribution in [-0.4, -0.2) is 32.2 Å². The minimum atomic E-state index is 1.11. The van der Waals surface area contributed by atoms with Crippen LogP contribution < -0.4 is 0 Å². The van der Waals surface area contributed by atoms with Crippen molar-refractivity contribution >= 4 is 7.28 Å². The van der Waals surface area contributed by atoms with Gasteiger partial charge in [-0.25, -0.2) is 0 Å². The zero-order valence-electron chi connectivity index (χ0n) is 5.44. The number of nitrogens with zero attached hydrogens (tertiary/aromatic N) is 1. The van der Waals surface area contributed by atoms with Crippen LogP contribution in [0.1, 0.15) is 6.92 Å². The quantitative estimate of drug-likeness (QED) is 0.468. The standard InChI is InChI=1S/C5H13BN/c1-4-7(3)5-6-2/h4-5H2,1-3H3. The smallest absolute Gasteiger partial charge is 0.125 e. The monoisotopic (exact) mass is 98.1 g/mol. The Morgan fingerprint density at radius 1 is 1.57 bits per heavy atom. The van der Waals surface area contributed by atoms with Crippen molar-refractivity contribution in [2.24, 2.45) is 0 Å². The van der Waals surface area contributed by atoms with Gasteiger partial charge in [0.25, 0.3) is 0 Å². The van der Waals surface area contributed by atoms with Crippen LogP contribution in [0.4, 0.5) is 0 Å². The van der Waals surface area contributed by atoms with E-state index in [0.29, 0.717) is 0 Å². The molecule has 0 atom stereocenters. The zero-order chi connectivity index (χ0) is 5.70. The Kier molecular flexibility index (Phi) is 4.21. The van der Waals surface area contributed by atoms with Crippen molar-refractivity contribution < 1.29 is 0 Å². The lowest BCUT2D eigenvalue weighted by atomic mass is 9.82. The van der Waals surface area contributed by atoms with Gasteiger partial charge in [-0.15, -0.1) is 0 Å². The Bertz CT molecular complexity index is 39.1. The Morgan fingerprint density at radius 3 is 2.29 bits per heavy atom. The molecule has 0 rings (SSSR count). The third kappa shape index (κ3) is 3.87. The SMILES string of the molecule is C[B]CN(C)CC. The molecule has 0 aliphatic heterocycles. The fraction of sp³-hybridized carbons (Fsp3) is 1.00. The van der Waals surface area contributed by atoms with Crippen LogP contribution in [-0.2, 0) is 0 Å². The second-order valence-corrected chi connectivity index (χ2v) is 1.76. The maximum Gasteiger partial charge on any atom is 0.125 e. The summed E-state index contributed by atoms with van der Waals surface area (Å²) in [4.78, 5) is 2.25. The Balaban J connectivity index is 2.83.